The van der Waals surface area contributed by atoms with E-state index >= 15 is 0 Å². The van der Waals surface area contributed by atoms with Crippen LogP contribution in [-0.4, -0.2) is 18.3 Å². The molecule has 2 nitrogen and oxygen atoms in total. The summed E-state index contributed by atoms with van der Waals surface area (Å²) in [6.45, 7) is 2.50. The summed E-state index contributed by atoms with van der Waals surface area (Å²) in [7, 11) is 0. The summed E-state index contributed by atoms with van der Waals surface area (Å²) < 4.78 is 6.35. The zero-order chi connectivity index (χ0) is 10.6. The highest BCUT2D eigenvalue weighted by atomic mass is 79.9. The van der Waals surface area contributed by atoms with E-state index in [0.717, 1.165) is 4.47 Å². The number of benzene rings is 1. The maximum atomic E-state index is 8.81. The molecule has 0 aromatic heterocycles. The van der Waals surface area contributed by atoms with Crippen molar-refractivity contribution in [3.63, 3.8) is 0 Å². The van der Waals surface area contributed by atoms with Gasteiger partial charge in [0.2, 0.25) is 0 Å². The van der Waals surface area contributed by atoms with E-state index in [2.05, 4.69) is 15.9 Å². The molecule has 1 atom stereocenters. The molecule has 1 rings (SSSR count). The molecular formula is C10H12BrClO2. The molecule has 0 radical (unpaired) electrons. The lowest BCUT2D eigenvalue weighted by Crippen LogP contribution is -2.12. The highest BCUT2D eigenvalue weighted by molar-refractivity contribution is 9.10. The molecule has 1 aromatic rings. The smallest absolute Gasteiger partial charge is 0.137 e. The SMILES string of the molecule is CC(CO)COc1ccc(Br)cc1Cl. The van der Waals surface area contributed by atoms with Crippen LogP contribution in [0.5, 0.6) is 5.75 Å². The van der Waals surface area contributed by atoms with Gasteiger partial charge in [-0.2, -0.15) is 0 Å². The zero-order valence-corrected chi connectivity index (χ0v) is 10.2. The van der Waals surface area contributed by atoms with Crippen molar-refractivity contribution >= 4 is 27.5 Å². The molecule has 4 heteroatoms. The van der Waals surface area contributed by atoms with Crippen molar-refractivity contribution in [1.82, 2.24) is 0 Å². The largest absolute Gasteiger partial charge is 0.492 e. The van der Waals surface area contributed by atoms with Gasteiger partial charge in [0, 0.05) is 17.0 Å². The number of hydrogen-bond acceptors (Lipinski definition) is 2. The monoisotopic (exact) mass is 278 g/mol. The molecule has 0 spiro atoms. The molecule has 0 saturated carbocycles. The summed E-state index contributed by atoms with van der Waals surface area (Å²) >= 11 is 9.25. The molecule has 0 bridgehead atoms. The Labute approximate surface area is 97.0 Å². The summed E-state index contributed by atoms with van der Waals surface area (Å²) in [5.74, 6) is 0.768. The van der Waals surface area contributed by atoms with E-state index in [1.165, 1.54) is 0 Å². The molecule has 0 amide bonds. The molecule has 0 aliphatic heterocycles. The normalized spacial score (nSPS) is 12.6. The Balaban J connectivity index is 2.59. The predicted octanol–water partition coefficient (Wildman–Crippen LogP) is 3.11. The average Bonchev–Trinajstić information content (AvgIpc) is 2.16. The molecule has 1 aromatic carbocycles. The number of rotatable bonds is 4. The molecule has 0 aliphatic carbocycles. The van der Waals surface area contributed by atoms with Crippen molar-refractivity contribution < 1.29 is 9.84 Å². The predicted molar refractivity (Wildman–Crippen MR) is 60.9 cm³/mol. The van der Waals surface area contributed by atoms with Gasteiger partial charge in [0.05, 0.1) is 11.6 Å². The van der Waals surface area contributed by atoms with Crippen molar-refractivity contribution in [2.75, 3.05) is 13.2 Å². The van der Waals surface area contributed by atoms with Crippen molar-refractivity contribution in [3.8, 4) is 5.75 Å². The number of hydrogen-bond donors (Lipinski definition) is 1. The van der Waals surface area contributed by atoms with Crippen LogP contribution in [0.2, 0.25) is 5.02 Å². The van der Waals surface area contributed by atoms with Crippen molar-refractivity contribution in [3.05, 3.63) is 27.7 Å². The fourth-order valence-corrected chi connectivity index (χ4v) is 1.60. The maximum absolute atomic E-state index is 8.81. The molecule has 0 aliphatic rings. The first-order valence-corrected chi connectivity index (χ1v) is 5.49. The first-order chi connectivity index (χ1) is 6.63. The number of aliphatic hydroxyl groups is 1. The van der Waals surface area contributed by atoms with Gasteiger partial charge in [-0.3, -0.25) is 0 Å². The third kappa shape index (κ3) is 3.48. The lowest BCUT2D eigenvalue weighted by molar-refractivity contribution is 0.174. The summed E-state index contributed by atoms with van der Waals surface area (Å²) in [4.78, 5) is 0. The molecule has 78 valence electrons. The number of ether oxygens (including phenoxy) is 1. The molecule has 0 heterocycles. The van der Waals surface area contributed by atoms with Gasteiger partial charge < -0.3 is 9.84 Å². The van der Waals surface area contributed by atoms with Gasteiger partial charge in [0.15, 0.2) is 0 Å². The first kappa shape index (κ1) is 11.8. The van der Waals surface area contributed by atoms with Gasteiger partial charge in [-0.25, -0.2) is 0 Å². The second kappa shape index (κ2) is 5.59. The summed E-state index contributed by atoms with van der Waals surface area (Å²) in [6, 6.07) is 5.45. The molecule has 14 heavy (non-hydrogen) atoms. The Bertz CT molecular complexity index is 304. The Morgan fingerprint density at radius 3 is 2.86 bits per heavy atom. The maximum Gasteiger partial charge on any atom is 0.137 e. The number of aliphatic hydroxyl groups excluding tert-OH is 1. The van der Waals surface area contributed by atoms with Crippen molar-refractivity contribution in [2.45, 2.75) is 6.92 Å². The fraction of sp³-hybridized carbons (Fsp3) is 0.400. The van der Waals surface area contributed by atoms with Crippen LogP contribution in [0.25, 0.3) is 0 Å². The highest BCUT2D eigenvalue weighted by Gasteiger charge is 2.04. The molecule has 1 N–H and O–H groups in total. The van der Waals surface area contributed by atoms with Crippen LogP contribution >= 0.6 is 27.5 Å². The number of halogens is 2. The lowest BCUT2D eigenvalue weighted by atomic mass is 10.2. The lowest BCUT2D eigenvalue weighted by Gasteiger charge is -2.11. The second-order valence-electron chi connectivity index (χ2n) is 3.17. The minimum Gasteiger partial charge on any atom is -0.492 e. The second-order valence-corrected chi connectivity index (χ2v) is 4.50. The van der Waals surface area contributed by atoms with Gasteiger partial charge in [0.1, 0.15) is 5.75 Å². The van der Waals surface area contributed by atoms with Crippen molar-refractivity contribution in [2.24, 2.45) is 5.92 Å². The van der Waals surface area contributed by atoms with Crippen LogP contribution in [-0.2, 0) is 0 Å². The van der Waals surface area contributed by atoms with Crippen LogP contribution in [0.4, 0.5) is 0 Å². The van der Waals surface area contributed by atoms with E-state index in [9.17, 15) is 0 Å². The van der Waals surface area contributed by atoms with E-state index in [-0.39, 0.29) is 12.5 Å². The first-order valence-electron chi connectivity index (χ1n) is 4.32. The van der Waals surface area contributed by atoms with Gasteiger partial charge >= 0.3 is 0 Å². The summed E-state index contributed by atoms with van der Waals surface area (Å²) in [6.07, 6.45) is 0. The quantitative estimate of drug-likeness (QED) is 0.917. The molecule has 0 fully saturated rings. The molecule has 0 saturated heterocycles. The van der Waals surface area contributed by atoms with Gasteiger partial charge in [-0.1, -0.05) is 34.5 Å². The Hall–Kier alpha value is -0.250. The van der Waals surface area contributed by atoms with Gasteiger partial charge in [0.25, 0.3) is 0 Å². The highest BCUT2D eigenvalue weighted by Crippen LogP contribution is 2.27. The minimum absolute atomic E-state index is 0.119. The standard InChI is InChI=1S/C10H12BrClO2/c1-7(5-13)6-14-10-3-2-8(11)4-9(10)12/h2-4,7,13H,5-6H2,1H3. The summed E-state index contributed by atoms with van der Waals surface area (Å²) in [5, 5.41) is 9.38. The zero-order valence-electron chi connectivity index (χ0n) is 7.84. The van der Waals surface area contributed by atoms with E-state index in [4.69, 9.17) is 21.4 Å². The van der Waals surface area contributed by atoms with E-state index < -0.39 is 0 Å². The molecule has 1 unspecified atom stereocenters. The average molecular weight is 280 g/mol. The van der Waals surface area contributed by atoms with Crippen LogP contribution < -0.4 is 4.74 Å². The third-order valence-corrected chi connectivity index (χ3v) is 2.52. The van der Waals surface area contributed by atoms with Gasteiger partial charge in [-0.15, -0.1) is 0 Å². The van der Waals surface area contributed by atoms with E-state index in [1.54, 1.807) is 12.1 Å². The Morgan fingerprint density at radius 2 is 2.29 bits per heavy atom. The molecular weight excluding hydrogens is 267 g/mol. The van der Waals surface area contributed by atoms with Crippen LogP contribution in [0.3, 0.4) is 0 Å². The Morgan fingerprint density at radius 1 is 1.57 bits per heavy atom. The van der Waals surface area contributed by atoms with Crippen molar-refractivity contribution in [1.29, 1.82) is 0 Å². The fourth-order valence-electron chi connectivity index (χ4n) is 0.877. The topological polar surface area (TPSA) is 29.5 Å². The van der Waals surface area contributed by atoms with E-state index in [0.29, 0.717) is 17.4 Å². The van der Waals surface area contributed by atoms with Crippen LogP contribution in [0.1, 0.15) is 6.92 Å². The summed E-state index contributed by atoms with van der Waals surface area (Å²) in [5.41, 5.74) is 0. The van der Waals surface area contributed by atoms with Crippen LogP contribution in [0.15, 0.2) is 22.7 Å². The van der Waals surface area contributed by atoms with Crippen LogP contribution in [0, 0.1) is 5.92 Å². The van der Waals surface area contributed by atoms with E-state index in [1.807, 2.05) is 13.0 Å². The van der Waals surface area contributed by atoms with Gasteiger partial charge in [-0.05, 0) is 18.2 Å². The third-order valence-electron chi connectivity index (χ3n) is 1.73. The minimum atomic E-state index is 0.119. The Kier molecular flexibility index (Phi) is 4.72.